The number of amides is 2. The van der Waals surface area contributed by atoms with E-state index in [4.69, 9.17) is 4.74 Å². The second kappa shape index (κ2) is 19.0. The quantitative estimate of drug-likeness (QED) is 0.128. The van der Waals surface area contributed by atoms with Crippen molar-refractivity contribution < 1.29 is 45.1 Å². The van der Waals surface area contributed by atoms with Crippen molar-refractivity contribution in [3.8, 4) is 5.75 Å². The number of piperidine rings is 2. The van der Waals surface area contributed by atoms with Crippen molar-refractivity contribution >= 4 is 35.3 Å². The molecule has 7 nitrogen and oxygen atoms in total. The predicted molar refractivity (Wildman–Crippen MR) is 218 cm³/mol. The Balaban J connectivity index is 0.000000225. The van der Waals surface area contributed by atoms with Gasteiger partial charge >= 0.3 is 12.4 Å². The van der Waals surface area contributed by atoms with Crippen LogP contribution in [0.15, 0.2) is 94.7 Å². The molecule has 2 fully saturated rings. The molecule has 318 valence electrons. The minimum Gasteiger partial charge on any atom is -0.496 e. The highest BCUT2D eigenvalue weighted by Crippen LogP contribution is 2.40. The van der Waals surface area contributed by atoms with Crippen LogP contribution < -0.4 is 15.4 Å². The number of likely N-dealkylation sites (N-methyl/N-ethyl adjacent to an activating group) is 2. The Morgan fingerprint density at radius 2 is 1.19 bits per heavy atom. The average Bonchev–Trinajstić information content (AvgIpc) is 3.20. The molecule has 0 spiro atoms. The SMILES string of the molecule is COc1cc(C(F)(F)F)cc(SC)c1C(=O)NC1(c2ccc(F)cc2)CCCN(C)C1.CSc1cc(C(F)(F)F)ccc1C(=O)NC1(c2ccccc2)CCCN(C)C1. The highest BCUT2D eigenvalue weighted by atomic mass is 32.2. The van der Waals surface area contributed by atoms with Gasteiger partial charge in [0.1, 0.15) is 11.6 Å². The van der Waals surface area contributed by atoms with Crippen molar-refractivity contribution in [3.63, 3.8) is 0 Å². The van der Waals surface area contributed by atoms with E-state index in [1.54, 1.807) is 24.6 Å². The molecule has 4 aromatic rings. The summed E-state index contributed by atoms with van der Waals surface area (Å²) in [7, 11) is 5.17. The van der Waals surface area contributed by atoms with E-state index in [2.05, 4.69) is 20.4 Å². The van der Waals surface area contributed by atoms with Crippen LogP contribution >= 0.6 is 23.5 Å². The minimum absolute atomic E-state index is 0.0534. The highest BCUT2D eigenvalue weighted by molar-refractivity contribution is 7.99. The third-order valence-corrected chi connectivity index (χ3v) is 12.2. The zero-order valence-electron chi connectivity index (χ0n) is 33.3. The molecule has 2 saturated heterocycles. The van der Waals surface area contributed by atoms with Crippen molar-refractivity contribution in [2.45, 2.75) is 58.9 Å². The molecule has 0 bridgehead atoms. The van der Waals surface area contributed by atoms with Gasteiger partial charge in [-0.1, -0.05) is 42.5 Å². The maximum Gasteiger partial charge on any atom is 0.416 e. The van der Waals surface area contributed by atoms with Crippen molar-refractivity contribution in [2.75, 3.05) is 59.9 Å². The molecule has 2 N–H and O–H groups in total. The number of nitrogens with one attached hydrogen (secondary N) is 2. The molecule has 16 heteroatoms. The zero-order valence-corrected chi connectivity index (χ0v) is 35.0. The minimum atomic E-state index is -4.56. The number of carbonyl (C=O) groups is 2. The zero-order chi connectivity index (χ0) is 43.2. The van der Waals surface area contributed by atoms with E-state index < -0.39 is 40.5 Å². The molecule has 0 saturated carbocycles. The van der Waals surface area contributed by atoms with Gasteiger partial charge in [0.05, 0.1) is 40.4 Å². The molecule has 0 aromatic heterocycles. The van der Waals surface area contributed by atoms with E-state index >= 15 is 0 Å². The summed E-state index contributed by atoms with van der Waals surface area (Å²) in [6.45, 7) is 2.93. The molecule has 2 heterocycles. The largest absolute Gasteiger partial charge is 0.496 e. The number of halogens is 7. The molecule has 6 rings (SSSR count). The van der Waals surface area contributed by atoms with Gasteiger partial charge < -0.3 is 25.2 Å². The Morgan fingerprint density at radius 3 is 1.68 bits per heavy atom. The summed E-state index contributed by atoms with van der Waals surface area (Å²) in [6.07, 6.45) is -2.59. The molecule has 2 unspecified atom stereocenters. The summed E-state index contributed by atoms with van der Waals surface area (Å²) in [5, 5.41) is 6.20. The summed E-state index contributed by atoms with van der Waals surface area (Å²) < 4.78 is 97.6. The van der Waals surface area contributed by atoms with Crippen LogP contribution in [0.3, 0.4) is 0 Å². The molecule has 2 aliphatic rings. The van der Waals surface area contributed by atoms with Crippen LogP contribution in [0, 0.1) is 5.82 Å². The first kappa shape index (κ1) is 45.8. The van der Waals surface area contributed by atoms with Crippen LogP contribution in [0.5, 0.6) is 5.75 Å². The van der Waals surface area contributed by atoms with Crippen molar-refractivity contribution in [3.05, 3.63) is 124 Å². The van der Waals surface area contributed by atoms with Gasteiger partial charge in [-0.2, -0.15) is 26.3 Å². The Bertz CT molecular complexity index is 2060. The number of nitrogens with zero attached hydrogens (tertiary/aromatic N) is 2. The molecular formula is C43H47F7N4O3S2. The van der Waals surface area contributed by atoms with Crippen LogP contribution in [0.25, 0.3) is 0 Å². The maximum absolute atomic E-state index is 13.5. The van der Waals surface area contributed by atoms with E-state index in [9.17, 15) is 40.3 Å². The fourth-order valence-corrected chi connectivity index (χ4v) is 9.07. The number of alkyl halides is 6. The maximum atomic E-state index is 13.5. The van der Waals surface area contributed by atoms with Gasteiger partial charge in [0.2, 0.25) is 0 Å². The normalized spacial score (nSPS) is 20.3. The number of ether oxygens (including phenoxy) is 1. The molecule has 0 radical (unpaired) electrons. The monoisotopic (exact) mass is 864 g/mol. The topological polar surface area (TPSA) is 73.9 Å². The third kappa shape index (κ3) is 10.9. The average molecular weight is 865 g/mol. The smallest absolute Gasteiger partial charge is 0.416 e. The van der Waals surface area contributed by atoms with Crippen LogP contribution in [0.4, 0.5) is 30.7 Å². The number of carbonyl (C=O) groups excluding carboxylic acids is 2. The number of likely N-dealkylation sites (tertiary alicyclic amines) is 2. The molecule has 2 atom stereocenters. The fourth-order valence-electron chi connectivity index (χ4n) is 7.80. The Labute approximate surface area is 348 Å². The molecule has 2 amide bonds. The number of benzene rings is 4. The predicted octanol–water partition coefficient (Wildman–Crippen LogP) is 9.70. The van der Waals surface area contributed by atoms with E-state index in [-0.39, 0.29) is 33.5 Å². The first-order valence-electron chi connectivity index (χ1n) is 18.8. The van der Waals surface area contributed by atoms with Crippen molar-refractivity contribution in [1.29, 1.82) is 0 Å². The Kier molecular flexibility index (Phi) is 14.7. The highest BCUT2D eigenvalue weighted by Gasteiger charge is 2.41. The van der Waals surface area contributed by atoms with Gasteiger partial charge in [0, 0.05) is 22.9 Å². The molecular weight excluding hydrogens is 818 g/mol. The first-order chi connectivity index (χ1) is 27.8. The lowest BCUT2D eigenvalue weighted by molar-refractivity contribution is -0.138. The lowest BCUT2D eigenvalue weighted by Gasteiger charge is -2.42. The van der Waals surface area contributed by atoms with Gasteiger partial charge in [-0.3, -0.25) is 9.59 Å². The van der Waals surface area contributed by atoms with E-state index in [1.807, 2.05) is 44.4 Å². The number of thioether (sulfide) groups is 2. The van der Waals surface area contributed by atoms with Crippen LogP contribution in [0.2, 0.25) is 0 Å². The van der Waals surface area contributed by atoms with E-state index in [0.717, 1.165) is 91.3 Å². The lowest BCUT2D eigenvalue weighted by Crippen LogP contribution is -2.55. The second-order valence-corrected chi connectivity index (χ2v) is 16.5. The van der Waals surface area contributed by atoms with Crippen molar-refractivity contribution in [1.82, 2.24) is 20.4 Å². The van der Waals surface area contributed by atoms with E-state index in [1.165, 1.54) is 25.3 Å². The van der Waals surface area contributed by atoms with E-state index in [0.29, 0.717) is 24.4 Å². The number of hydrogen-bond donors (Lipinski definition) is 2. The summed E-state index contributed by atoms with van der Waals surface area (Å²) >= 11 is 2.18. The summed E-state index contributed by atoms with van der Waals surface area (Å²) in [5.74, 6) is -1.41. The van der Waals surface area contributed by atoms with Gasteiger partial charge in [-0.25, -0.2) is 4.39 Å². The van der Waals surface area contributed by atoms with Gasteiger partial charge in [0.25, 0.3) is 11.8 Å². The van der Waals surface area contributed by atoms with Gasteiger partial charge in [-0.05, 0) is 119 Å². The summed E-state index contributed by atoms with van der Waals surface area (Å²) in [4.78, 5) is 31.2. The lowest BCUT2D eigenvalue weighted by atomic mass is 9.82. The van der Waals surface area contributed by atoms with Crippen LogP contribution in [-0.2, 0) is 23.4 Å². The number of methoxy groups -OCH3 is 1. The number of rotatable bonds is 9. The summed E-state index contributed by atoms with van der Waals surface area (Å²) in [5.41, 5.74) is -0.927. The van der Waals surface area contributed by atoms with Crippen LogP contribution in [0.1, 0.15) is 68.7 Å². The third-order valence-electron chi connectivity index (χ3n) is 10.6. The van der Waals surface area contributed by atoms with Crippen LogP contribution in [-0.4, -0.2) is 81.5 Å². The first-order valence-corrected chi connectivity index (χ1v) is 21.2. The van der Waals surface area contributed by atoms with Gasteiger partial charge in [0.15, 0.2) is 0 Å². The summed E-state index contributed by atoms with van der Waals surface area (Å²) in [6, 6.07) is 20.8. The Morgan fingerprint density at radius 1 is 0.678 bits per heavy atom. The fraction of sp³-hybridized carbons (Fsp3) is 0.395. The number of hydrogen-bond acceptors (Lipinski definition) is 7. The molecule has 0 aliphatic carbocycles. The Hall–Kier alpha value is -4.25. The second-order valence-electron chi connectivity index (χ2n) is 14.8. The standard InChI is InChI=1S/C22H24F4N2O2S.C21H23F3N2OS/c1-28-10-4-9-21(13-28,14-5-7-16(23)8-6-14)27-20(29)19-17(30-2)11-15(22(24,25)26)12-18(19)31-3;1-26-12-6-11-20(14-26,15-7-4-3-5-8-15)25-19(27)17-10-9-16(21(22,23)24)13-18(17)28-2/h5-8,11-12H,4,9-10,13H2,1-3H3,(H,27,29);3-5,7-10,13H,6,11-12,14H2,1-2H3,(H,25,27). The molecule has 59 heavy (non-hydrogen) atoms. The van der Waals surface area contributed by atoms with Crippen molar-refractivity contribution in [2.24, 2.45) is 0 Å². The van der Waals surface area contributed by atoms with Gasteiger partial charge in [-0.15, -0.1) is 23.5 Å². The molecule has 4 aromatic carbocycles. The molecule has 2 aliphatic heterocycles.